The van der Waals surface area contributed by atoms with E-state index in [0.717, 1.165) is 23.4 Å². The molecule has 1 saturated carbocycles. The van der Waals surface area contributed by atoms with Gasteiger partial charge >= 0.3 is 0 Å². The quantitative estimate of drug-likeness (QED) is 0.528. The van der Waals surface area contributed by atoms with Crippen molar-refractivity contribution in [2.75, 3.05) is 39.1 Å². The molecule has 3 amide bonds. The van der Waals surface area contributed by atoms with Crippen LogP contribution in [0.4, 0.5) is 5.82 Å². The molecule has 3 aliphatic rings. The minimum atomic E-state index is -0.771. The van der Waals surface area contributed by atoms with Gasteiger partial charge < -0.3 is 19.8 Å². The number of likely N-dealkylation sites (N-methyl/N-ethyl adjacent to an activating group) is 1. The summed E-state index contributed by atoms with van der Waals surface area (Å²) in [4.78, 5) is 51.3. The summed E-state index contributed by atoms with van der Waals surface area (Å²) >= 11 is 0. The molecule has 3 heterocycles. The number of carbonyl (C=O) groups excluding carboxylic acids is 3. The highest BCUT2D eigenvalue weighted by molar-refractivity contribution is 5.92. The standard InChI is InChI=1S/C31H42N6O4/c1-33(2)30-24(10-7-17-32-30)19-35-20-27-36(26(31(35)41)18-23-11-14-25(38)15-12-23)29(40)21-34(3)37(27)28(39)16-13-22-8-5-4-6-9-22/h7,10-12,14-15,17,22,26-27,38H,4-6,8-9,13,16,18-21H2,1-3H3/t26-,27?/m0/s1. The Bertz CT molecular complexity index is 1250. The molecule has 220 valence electrons. The summed E-state index contributed by atoms with van der Waals surface area (Å²) in [5.74, 6) is 1.16. The fourth-order valence-corrected chi connectivity index (χ4v) is 6.65. The number of carbonyl (C=O) groups is 3. The molecule has 1 aromatic heterocycles. The van der Waals surface area contributed by atoms with Crippen molar-refractivity contribution in [1.29, 1.82) is 0 Å². The van der Waals surface area contributed by atoms with Gasteiger partial charge in [-0.2, -0.15) is 0 Å². The van der Waals surface area contributed by atoms with Crippen LogP contribution in [0.25, 0.3) is 0 Å². The fourth-order valence-electron chi connectivity index (χ4n) is 6.65. The highest BCUT2D eigenvalue weighted by Gasteiger charge is 2.50. The van der Waals surface area contributed by atoms with Crippen molar-refractivity contribution >= 4 is 23.5 Å². The van der Waals surface area contributed by atoms with Crippen LogP contribution < -0.4 is 4.90 Å². The van der Waals surface area contributed by atoms with Crippen LogP contribution in [0.2, 0.25) is 0 Å². The predicted molar refractivity (Wildman–Crippen MR) is 155 cm³/mol. The van der Waals surface area contributed by atoms with Gasteiger partial charge in [0.25, 0.3) is 0 Å². The second-order valence-corrected chi connectivity index (χ2v) is 11.9. The number of nitrogens with zero attached hydrogens (tertiary/aromatic N) is 6. The van der Waals surface area contributed by atoms with Crippen LogP contribution in [-0.2, 0) is 27.3 Å². The second kappa shape index (κ2) is 12.5. The monoisotopic (exact) mass is 562 g/mol. The van der Waals surface area contributed by atoms with Gasteiger partial charge in [-0.05, 0) is 36.1 Å². The summed E-state index contributed by atoms with van der Waals surface area (Å²) in [5, 5.41) is 13.2. The first kappa shape index (κ1) is 28.9. The number of benzene rings is 1. The number of aromatic hydroxyl groups is 1. The molecule has 2 atom stereocenters. The van der Waals surface area contributed by atoms with E-state index in [1.54, 1.807) is 57.3 Å². The van der Waals surface area contributed by atoms with Gasteiger partial charge in [-0.25, -0.2) is 9.99 Å². The molecule has 2 aliphatic heterocycles. The summed E-state index contributed by atoms with van der Waals surface area (Å²) < 4.78 is 0. The number of aromatic nitrogens is 1. The Morgan fingerprint density at radius 2 is 1.80 bits per heavy atom. The number of anilines is 1. The number of phenols is 1. The highest BCUT2D eigenvalue weighted by Crippen LogP contribution is 2.32. The Hall–Kier alpha value is -3.66. The SMILES string of the molecule is CN(C)c1ncccc1CN1CC2N(C(=O)CN(C)N2C(=O)CCC2CCCCC2)[C@@H](Cc2ccc(O)cc2)C1=O. The van der Waals surface area contributed by atoms with Crippen LogP contribution in [0.3, 0.4) is 0 Å². The number of amides is 3. The third-order valence-electron chi connectivity index (χ3n) is 8.70. The zero-order valence-electron chi connectivity index (χ0n) is 24.4. The Labute approximate surface area is 242 Å². The van der Waals surface area contributed by atoms with Crippen LogP contribution in [0.5, 0.6) is 5.75 Å². The molecule has 0 radical (unpaired) electrons. The Morgan fingerprint density at radius 1 is 1.07 bits per heavy atom. The zero-order valence-corrected chi connectivity index (χ0v) is 24.4. The number of rotatable bonds is 8. The first-order valence-corrected chi connectivity index (χ1v) is 14.7. The van der Waals surface area contributed by atoms with E-state index >= 15 is 0 Å². The lowest BCUT2D eigenvalue weighted by Crippen LogP contribution is -2.75. The molecule has 2 saturated heterocycles. The maximum Gasteiger partial charge on any atom is 0.246 e. The number of piperazine rings is 1. The largest absolute Gasteiger partial charge is 0.508 e. The van der Waals surface area contributed by atoms with Crippen molar-refractivity contribution in [1.82, 2.24) is 24.8 Å². The van der Waals surface area contributed by atoms with Crippen LogP contribution in [-0.4, -0.2) is 94.1 Å². The van der Waals surface area contributed by atoms with Crippen LogP contribution in [0.1, 0.15) is 56.1 Å². The lowest BCUT2D eigenvalue weighted by atomic mass is 9.86. The first-order valence-electron chi connectivity index (χ1n) is 14.7. The van der Waals surface area contributed by atoms with Crippen molar-refractivity contribution in [2.24, 2.45) is 5.92 Å². The average molecular weight is 563 g/mol. The Kier molecular flexibility index (Phi) is 8.77. The average Bonchev–Trinajstić information content (AvgIpc) is 2.95. The van der Waals surface area contributed by atoms with E-state index in [1.165, 1.54) is 32.1 Å². The predicted octanol–water partition coefficient (Wildman–Crippen LogP) is 3.01. The van der Waals surface area contributed by atoms with Crippen molar-refractivity contribution < 1.29 is 19.5 Å². The van der Waals surface area contributed by atoms with E-state index in [9.17, 15) is 19.5 Å². The number of phenolic OH excluding ortho intramolecular Hbond substituents is 1. The van der Waals surface area contributed by atoms with E-state index < -0.39 is 12.2 Å². The maximum absolute atomic E-state index is 14.1. The van der Waals surface area contributed by atoms with E-state index in [1.807, 2.05) is 31.1 Å². The van der Waals surface area contributed by atoms with E-state index in [2.05, 4.69) is 4.98 Å². The van der Waals surface area contributed by atoms with Crippen molar-refractivity contribution in [3.8, 4) is 5.75 Å². The smallest absolute Gasteiger partial charge is 0.246 e. The molecular weight excluding hydrogens is 520 g/mol. The Morgan fingerprint density at radius 3 is 2.51 bits per heavy atom. The van der Waals surface area contributed by atoms with Crippen molar-refractivity contribution in [2.45, 2.75) is 70.1 Å². The van der Waals surface area contributed by atoms with E-state index in [4.69, 9.17) is 0 Å². The molecule has 0 spiro atoms. The second-order valence-electron chi connectivity index (χ2n) is 11.9. The number of hydrogen-bond donors (Lipinski definition) is 1. The third kappa shape index (κ3) is 6.32. The molecule has 5 rings (SSSR count). The van der Waals surface area contributed by atoms with Gasteiger partial charge in [0, 0.05) is 52.3 Å². The molecular formula is C31H42N6O4. The summed E-state index contributed by atoms with van der Waals surface area (Å²) in [6.07, 6.45) is 8.78. The normalized spacial score (nSPS) is 22.2. The number of hydrogen-bond acceptors (Lipinski definition) is 7. The summed E-state index contributed by atoms with van der Waals surface area (Å²) in [7, 11) is 5.62. The fraction of sp³-hybridized carbons (Fsp3) is 0.548. The minimum Gasteiger partial charge on any atom is -0.508 e. The molecule has 1 N–H and O–H groups in total. The van der Waals surface area contributed by atoms with Gasteiger partial charge in [-0.1, -0.05) is 50.3 Å². The van der Waals surface area contributed by atoms with Gasteiger partial charge in [0.1, 0.15) is 23.8 Å². The van der Waals surface area contributed by atoms with Gasteiger partial charge in [0.2, 0.25) is 17.7 Å². The number of fused-ring (bicyclic) bond motifs is 1. The van der Waals surface area contributed by atoms with Crippen molar-refractivity contribution in [3.05, 3.63) is 53.7 Å². The maximum atomic E-state index is 14.1. The minimum absolute atomic E-state index is 0.00591. The number of pyridine rings is 1. The van der Waals surface area contributed by atoms with Gasteiger partial charge in [0.05, 0.1) is 13.1 Å². The number of hydrazine groups is 1. The molecule has 2 aromatic rings. The summed E-state index contributed by atoms with van der Waals surface area (Å²) in [6.45, 7) is 0.578. The van der Waals surface area contributed by atoms with Gasteiger partial charge in [-0.15, -0.1) is 0 Å². The zero-order chi connectivity index (χ0) is 29.1. The van der Waals surface area contributed by atoms with E-state index in [0.29, 0.717) is 25.3 Å². The van der Waals surface area contributed by atoms with Gasteiger partial charge in [0.15, 0.2) is 0 Å². The Balaban J connectivity index is 1.45. The molecule has 1 unspecified atom stereocenters. The van der Waals surface area contributed by atoms with E-state index in [-0.39, 0.29) is 36.6 Å². The van der Waals surface area contributed by atoms with Crippen LogP contribution in [0, 0.1) is 5.92 Å². The van der Waals surface area contributed by atoms with Gasteiger partial charge in [-0.3, -0.25) is 19.4 Å². The van der Waals surface area contributed by atoms with Crippen molar-refractivity contribution in [3.63, 3.8) is 0 Å². The van der Waals surface area contributed by atoms with Crippen LogP contribution >= 0.6 is 0 Å². The molecule has 1 aromatic carbocycles. The first-order chi connectivity index (χ1) is 19.7. The lowest BCUT2D eigenvalue weighted by molar-refractivity contribution is -0.203. The highest BCUT2D eigenvalue weighted by atomic mass is 16.3. The van der Waals surface area contributed by atoms with Crippen LogP contribution in [0.15, 0.2) is 42.6 Å². The molecule has 10 heteroatoms. The molecule has 41 heavy (non-hydrogen) atoms. The summed E-state index contributed by atoms with van der Waals surface area (Å²) in [5.41, 5.74) is 1.73. The third-order valence-corrected chi connectivity index (χ3v) is 8.70. The molecule has 10 nitrogen and oxygen atoms in total. The molecule has 3 fully saturated rings. The lowest BCUT2D eigenvalue weighted by Gasteiger charge is -2.54. The molecule has 1 aliphatic carbocycles. The molecule has 0 bridgehead atoms. The summed E-state index contributed by atoms with van der Waals surface area (Å²) in [6, 6.07) is 9.77. The topological polar surface area (TPSA) is 101 Å².